The summed E-state index contributed by atoms with van der Waals surface area (Å²) < 4.78 is 0. The molecule has 1 N–H and O–H groups in total. The fourth-order valence-electron chi connectivity index (χ4n) is 3.74. The minimum Gasteiger partial charge on any atom is -0.310 e. The van der Waals surface area contributed by atoms with Crippen molar-refractivity contribution >= 4 is 11.6 Å². The number of nitrogens with zero attached hydrogens (tertiary/aromatic N) is 2. The van der Waals surface area contributed by atoms with E-state index in [2.05, 4.69) is 17.5 Å². The number of amides is 1. The third-order valence-electron chi connectivity index (χ3n) is 4.98. The summed E-state index contributed by atoms with van der Waals surface area (Å²) in [6.07, 6.45) is 2.88. The molecular weight excluding hydrogens is 298 g/mol. The minimum absolute atomic E-state index is 0.0329. The van der Waals surface area contributed by atoms with Crippen molar-refractivity contribution in [2.24, 2.45) is 0 Å². The quantitative estimate of drug-likeness (QED) is 0.926. The molecule has 0 saturated carbocycles. The Morgan fingerprint density at radius 2 is 2.04 bits per heavy atom. The van der Waals surface area contributed by atoms with Crippen LogP contribution in [-0.4, -0.2) is 25.0 Å². The van der Waals surface area contributed by atoms with E-state index in [1.54, 1.807) is 0 Å². The first-order valence-electron chi connectivity index (χ1n) is 8.45. The van der Waals surface area contributed by atoms with Gasteiger partial charge in [0.05, 0.1) is 17.7 Å². The Labute approximate surface area is 141 Å². The van der Waals surface area contributed by atoms with E-state index in [4.69, 9.17) is 5.26 Å². The van der Waals surface area contributed by atoms with Gasteiger partial charge in [-0.1, -0.05) is 24.3 Å². The van der Waals surface area contributed by atoms with Gasteiger partial charge < -0.3 is 10.2 Å². The van der Waals surface area contributed by atoms with Gasteiger partial charge in [0.2, 0.25) is 5.91 Å². The summed E-state index contributed by atoms with van der Waals surface area (Å²) in [5.74, 6) is 0.197. The zero-order chi connectivity index (χ0) is 16.5. The highest BCUT2D eigenvalue weighted by Gasteiger charge is 2.32. The topological polar surface area (TPSA) is 56.1 Å². The molecule has 4 nitrogen and oxygen atoms in total. The summed E-state index contributed by atoms with van der Waals surface area (Å²) in [5, 5.41) is 12.3. The molecule has 4 rings (SSSR count). The molecule has 2 aliphatic rings. The molecule has 0 bridgehead atoms. The Hall–Kier alpha value is -2.64. The van der Waals surface area contributed by atoms with Crippen molar-refractivity contribution in [3.05, 3.63) is 53.6 Å². The molecule has 1 amide bonds. The van der Waals surface area contributed by atoms with Crippen molar-refractivity contribution in [1.29, 1.82) is 5.26 Å². The van der Waals surface area contributed by atoms with Crippen molar-refractivity contribution < 1.29 is 4.79 Å². The van der Waals surface area contributed by atoms with Gasteiger partial charge in [0.25, 0.3) is 0 Å². The molecule has 1 atom stereocenters. The average Bonchev–Trinajstić information content (AvgIpc) is 3.31. The number of benzene rings is 2. The normalized spacial score (nSPS) is 19.1. The lowest BCUT2D eigenvalue weighted by atomic mass is 9.97. The fourth-order valence-corrected chi connectivity index (χ4v) is 3.74. The molecule has 4 heteroatoms. The minimum atomic E-state index is -0.0329. The Morgan fingerprint density at radius 1 is 1.21 bits per heavy atom. The van der Waals surface area contributed by atoms with Crippen LogP contribution in [0.2, 0.25) is 0 Å². The Morgan fingerprint density at radius 3 is 2.75 bits per heavy atom. The molecule has 0 aliphatic carbocycles. The first kappa shape index (κ1) is 14.9. The molecule has 1 fully saturated rings. The molecule has 1 saturated heterocycles. The van der Waals surface area contributed by atoms with Crippen LogP contribution in [0, 0.1) is 11.3 Å². The number of carbonyl (C=O) groups is 1. The molecule has 0 aromatic heterocycles. The molecular formula is C20H19N3O. The summed E-state index contributed by atoms with van der Waals surface area (Å²) in [6.45, 7) is 1.68. The van der Waals surface area contributed by atoms with Crippen LogP contribution < -0.4 is 10.2 Å². The lowest BCUT2D eigenvalue weighted by Crippen LogP contribution is -2.42. The van der Waals surface area contributed by atoms with E-state index < -0.39 is 0 Å². The third kappa shape index (κ3) is 2.47. The number of hydrogen-bond donors (Lipinski definition) is 1. The van der Waals surface area contributed by atoms with Crippen LogP contribution in [0.4, 0.5) is 5.69 Å². The van der Waals surface area contributed by atoms with Crippen molar-refractivity contribution in [3.8, 4) is 17.2 Å². The molecule has 1 unspecified atom stereocenters. The fraction of sp³-hybridized carbons (Fsp3) is 0.300. The average molecular weight is 317 g/mol. The zero-order valence-corrected chi connectivity index (χ0v) is 13.5. The summed E-state index contributed by atoms with van der Waals surface area (Å²) in [4.78, 5) is 14.7. The SMILES string of the molecule is N#Cc1ccc(-c2cccc3c2CCN3C(=O)C2CCCN2)cc1. The highest BCUT2D eigenvalue weighted by atomic mass is 16.2. The summed E-state index contributed by atoms with van der Waals surface area (Å²) >= 11 is 0. The van der Waals surface area contributed by atoms with Crippen molar-refractivity contribution in [3.63, 3.8) is 0 Å². The zero-order valence-electron chi connectivity index (χ0n) is 13.5. The van der Waals surface area contributed by atoms with E-state index in [0.29, 0.717) is 5.56 Å². The van der Waals surface area contributed by atoms with Gasteiger partial charge in [-0.15, -0.1) is 0 Å². The van der Waals surface area contributed by atoms with Crippen molar-refractivity contribution in [1.82, 2.24) is 5.32 Å². The second-order valence-electron chi connectivity index (χ2n) is 6.38. The molecule has 2 aliphatic heterocycles. The van der Waals surface area contributed by atoms with Gasteiger partial charge in [-0.05, 0) is 60.7 Å². The van der Waals surface area contributed by atoms with Crippen molar-refractivity contribution in [2.45, 2.75) is 25.3 Å². The molecule has 2 heterocycles. The largest absolute Gasteiger partial charge is 0.310 e. The molecule has 2 aromatic rings. The number of nitriles is 1. The summed E-state index contributed by atoms with van der Waals surface area (Å²) in [5.41, 5.74) is 5.19. The lowest BCUT2D eigenvalue weighted by molar-refractivity contribution is -0.120. The number of hydrogen-bond acceptors (Lipinski definition) is 3. The van der Waals surface area contributed by atoms with Crippen LogP contribution in [0.5, 0.6) is 0 Å². The van der Waals surface area contributed by atoms with Crippen LogP contribution in [0.25, 0.3) is 11.1 Å². The number of carbonyl (C=O) groups excluding carboxylic acids is 1. The second-order valence-corrected chi connectivity index (χ2v) is 6.38. The van der Waals surface area contributed by atoms with Gasteiger partial charge in [0, 0.05) is 12.2 Å². The molecule has 24 heavy (non-hydrogen) atoms. The molecule has 2 aromatic carbocycles. The number of fused-ring (bicyclic) bond motifs is 1. The summed E-state index contributed by atoms with van der Waals surface area (Å²) in [6, 6.07) is 15.9. The van der Waals surface area contributed by atoms with E-state index in [1.807, 2.05) is 41.3 Å². The molecule has 120 valence electrons. The maximum absolute atomic E-state index is 12.8. The van der Waals surface area contributed by atoms with Crippen LogP contribution in [0.1, 0.15) is 24.0 Å². The predicted molar refractivity (Wildman–Crippen MR) is 93.7 cm³/mol. The van der Waals surface area contributed by atoms with Gasteiger partial charge >= 0.3 is 0 Å². The van der Waals surface area contributed by atoms with Crippen LogP contribution in [0.15, 0.2) is 42.5 Å². The van der Waals surface area contributed by atoms with Crippen LogP contribution >= 0.6 is 0 Å². The first-order chi connectivity index (χ1) is 11.8. The second kappa shape index (κ2) is 6.10. The molecule has 0 radical (unpaired) electrons. The highest BCUT2D eigenvalue weighted by Crippen LogP contribution is 2.36. The maximum Gasteiger partial charge on any atom is 0.244 e. The Balaban J connectivity index is 1.68. The van der Waals surface area contributed by atoms with Gasteiger partial charge in [-0.2, -0.15) is 5.26 Å². The van der Waals surface area contributed by atoms with Gasteiger partial charge in [-0.3, -0.25) is 4.79 Å². The van der Waals surface area contributed by atoms with Crippen molar-refractivity contribution in [2.75, 3.05) is 18.0 Å². The van der Waals surface area contributed by atoms with E-state index in [1.165, 1.54) is 5.56 Å². The first-order valence-corrected chi connectivity index (χ1v) is 8.45. The monoisotopic (exact) mass is 317 g/mol. The smallest absolute Gasteiger partial charge is 0.244 e. The van der Waals surface area contributed by atoms with Gasteiger partial charge in [0.15, 0.2) is 0 Å². The van der Waals surface area contributed by atoms with E-state index in [9.17, 15) is 4.79 Å². The van der Waals surface area contributed by atoms with E-state index in [0.717, 1.165) is 49.2 Å². The number of anilines is 1. The third-order valence-corrected chi connectivity index (χ3v) is 4.98. The Bertz CT molecular complexity index is 814. The number of nitrogens with one attached hydrogen (secondary N) is 1. The van der Waals surface area contributed by atoms with Gasteiger partial charge in [0.1, 0.15) is 0 Å². The highest BCUT2D eigenvalue weighted by molar-refractivity contribution is 6.00. The number of rotatable bonds is 2. The van der Waals surface area contributed by atoms with Crippen LogP contribution in [0.3, 0.4) is 0 Å². The van der Waals surface area contributed by atoms with E-state index in [-0.39, 0.29) is 11.9 Å². The summed E-state index contributed by atoms with van der Waals surface area (Å²) in [7, 11) is 0. The van der Waals surface area contributed by atoms with E-state index >= 15 is 0 Å². The predicted octanol–water partition coefficient (Wildman–Crippen LogP) is 2.87. The lowest BCUT2D eigenvalue weighted by Gasteiger charge is -2.21. The standard InChI is InChI=1S/C20H19N3O/c21-13-14-6-8-15(9-7-14)16-3-1-5-19-17(16)10-12-23(19)20(24)18-4-2-11-22-18/h1,3,5-9,18,22H,2,4,10-12H2. The molecule has 0 spiro atoms. The van der Waals surface area contributed by atoms with Crippen LogP contribution in [-0.2, 0) is 11.2 Å². The maximum atomic E-state index is 12.8. The Kier molecular flexibility index (Phi) is 3.79. The van der Waals surface area contributed by atoms with Gasteiger partial charge in [-0.25, -0.2) is 0 Å².